The van der Waals surface area contributed by atoms with Gasteiger partial charge in [0.05, 0.1) is 20.1 Å². The fourth-order valence-electron chi connectivity index (χ4n) is 1.17. The van der Waals surface area contributed by atoms with Crippen molar-refractivity contribution in [1.29, 1.82) is 0 Å². The molecule has 0 fully saturated rings. The average Bonchev–Trinajstić information content (AvgIpc) is 2.71. The Balaban J connectivity index is 2.23. The van der Waals surface area contributed by atoms with E-state index in [2.05, 4.69) is 20.3 Å². The largest absolute Gasteiger partial charge is 0.469 e. The van der Waals surface area contributed by atoms with Gasteiger partial charge in [0.2, 0.25) is 0 Å². The van der Waals surface area contributed by atoms with Gasteiger partial charge >= 0.3 is 5.97 Å². The lowest BCUT2D eigenvalue weighted by Gasteiger charge is -2.04. The molecule has 0 bridgehead atoms. The Morgan fingerprint density at radius 1 is 1.67 bits per heavy atom. The molecule has 1 aromatic heterocycles. The summed E-state index contributed by atoms with van der Waals surface area (Å²) in [6.45, 7) is 4.08. The fraction of sp³-hybridized carbons (Fsp3) is 0.667. The molecular weight excluding hydrogens is 196 g/mol. The quantitative estimate of drug-likeness (QED) is 0.529. The minimum absolute atomic E-state index is 0.209. The van der Waals surface area contributed by atoms with Crippen molar-refractivity contribution >= 4 is 5.97 Å². The van der Waals surface area contributed by atoms with Crippen LogP contribution in [0.25, 0.3) is 0 Å². The predicted octanol–water partition coefficient (Wildman–Crippen LogP) is -0.0493. The average molecular weight is 212 g/mol. The van der Waals surface area contributed by atoms with Gasteiger partial charge in [-0.15, -0.1) is 10.2 Å². The van der Waals surface area contributed by atoms with Crippen molar-refractivity contribution in [2.24, 2.45) is 0 Å². The van der Waals surface area contributed by atoms with Crippen LogP contribution in [-0.4, -0.2) is 34.4 Å². The second-order valence-corrected chi connectivity index (χ2v) is 3.04. The van der Waals surface area contributed by atoms with E-state index in [1.54, 1.807) is 6.33 Å². The fourth-order valence-corrected chi connectivity index (χ4v) is 1.17. The molecule has 6 nitrogen and oxygen atoms in total. The minimum Gasteiger partial charge on any atom is -0.469 e. The number of nitrogens with one attached hydrogen (secondary N) is 1. The van der Waals surface area contributed by atoms with Gasteiger partial charge in [0.1, 0.15) is 12.2 Å². The van der Waals surface area contributed by atoms with E-state index in [0.29, 0.717) is 19.5 Å². The van der Waals surface area contributed by atoms with Crippen molar-refractivity contribution < 1.29 is 9.53 Å². The monoisotopic (exact) mass is 212 g/mol. The molecule has 1 heterocycles. The van der Waals surface area contributed by atoms with Crippen LogP contribution in [0.1, 0.15) is 19.2 Å². The summed E-state index contributed by atoms with van der Waals surface area (Å²) >= 11 is 0. The van der Waals surface area contributed by atoms with Crippen molar-refractivity contribution in [3.05, 3.63) is 12.2 Å². The molecule has 0 amide bonds. The zero-order valence-electron chi connectivity index (χ0n) is 9.06. The standard InChI is InChI=1S/C9H16N4O2/c1-3-13-7-11-12-8(13)6-10-5-4-9(14)15-2/h7,10H,3-6H2,1-2H3. The van der Waals surface area contributed by atoms with Crippen LogP contribution in [0.4, 0.5) is 0 Å². The van der Waals surface area contributed by atoms with Gasteiger partial charge in [0.15, 0.2) is 0 Å². The highest BCUT2D eigenvalue weighted by Crippen LogP contribution is 1.93. The molecule has 0 aliphatic heterocycles. The maximum atomic E-state index is 10.8. The summed E-state index contributed by atoms with van der Waals surface area (Å²) in [5, 5.41) is 10.9. The molecule has 0 aliphatic rings. The number of methoxy groups -OCH3 is 1. The molecule has 1 rings (SSSR count). The summed E-state index contributed by atoms with van der Waals surface area (Å²) in [5.74, 6) is 0.668. The first-order valence-electron chi connectivity index (χ1n) is 4.92. The molecular formula is C9H16N4O2. The van der Waals surface area contributed by atoms with E-state index in [4.69, 9.17) is 0 Å². The van der Waals surface area contributed by atoms with E-state index >= 15 is 0 Å². The lowest BCUT2D eigenvalue weighted by atomic mass is 10.4. The van der Waals surface area contributed by atoms with Gasteiger partial charge < -0.3 is 14.6 Å². The zero-order chi connectivity index (χ0) is 11.1. The summed E-state index contributed by atoms with van der Waals surface area (Å²) in [6, 6.07) is 0. The Morgan fingerprint density at radius 2 is 2.47 bits per heavy atom. The second-order valence-electron chi connectivity index (χ2n) is 3.04. The van der Waals surface area contributed by atoms with Crippen molar-refractivity contribution in [3.63, 3.8) is 0 Å². The van der Waals surface area contributed by atoms with E-state index in [0.717, 1.165) is 12.4 Å². The lowest BCUT2D eigenvalue weighted by molar-refractivity contribution is -0.140. The van der Waals surface area contributed by atoms with Gasteiger partial charge in [0.25, 0.3) is 0 Å². The summed E-state index contributed by atoms with van der Waals surface area (Å²) < 4.78 is 6.47. The Labute approximate surface area is 88.6 Å². The van der Waals surface area contributed by atoms with E-state index in [-0.39, 0.29) is 5.97 Å². The molecule has 0 unspecified atom stereocenters. The van der Waals surface area contributed by atoms with Crippen LogP contribution in [0.3, 0.4) is 0 Å². The molecule has 15 heavy (non-hydrogen) atoms. The molecule has 0 aromatic carbocycles. The Morgan fingerprint density at radius 3 is 3.13 bits per heavy atom. The SMILES string of the molecule is CCn1cnnc1CNCCC(=O)OC. The summed E-state index contributed by atoms with van der Waals surface area (Å²) in [5.41, 5.74) is 0. The lowest BCUT2D eigenvalue weighted by Crippen LogP contribution is -2.20. The van der Waals surface area contributed by atoms with Crippen LogP contribution in [0.15, 0.2) is 6.33 Å². The van der Waals surface area contributed by atoms with Gasteiger partial charge in [0, 0.05) is 13.1 Å². The third-order valence-electron chi connectivity index (χ3n) is 2.05. The van der Waals surface area contributed by atoms with Crippen molar-refractivity contribution in [2.45, 2.75) is 26.4 Å². The maximum absolute atomic E-state index is 10.8. The number of esters is 1. The normalized spacial score (nSPS) is 10.3. The first-order valence-corrected chi connectivity index (χ1v) is 4.92. The number of carbonyl (C=O) groups is 1. The van der Waals surface area contributed by atoms with Gasteiger partial charge in [-0.25, -0.2) is 0 Å². The van der Waals surface area contributed by atoms with Crippen LogP contribution in [-0.2, 0) is 22.6 Å². The number of ether oxygens (including phenoxy) is 1. The summed E-state index contributed by atoms with van der Waals surface area (Å²) in [7, 11) is 1.38. The number of aryl methyl sites for hydroxylation is 1. The molecule has 0 atom stereocenters. The first-order chi connectivity index (χ1) is 7.27. The highest BCUT2D eigenvalue weighted by Gasteiger charge is 2.03. The molecule has 0 radical (unpaired) electrons. The highest BCUT2D eigenvalue weighted by molar-refractivity contribution is 5.69. The van der Waals surface area contributed by atoms with Crippen LogP contribution in [0.2, 0.25) is 0 Å². The molecule has 1 N–H and O–H groups in total. The first kappa shape index (κ1) is 11.6. The maximum Gasteiger partial charge on any atom is 0.306 e. The minimum atomic E-state index is -0.209. The van der Waals surface area contributed by atoms with Gasteiger partial charge in [-0.3, -0.25) is 4.79 Å². The van der Waals surface area contributed by atoms with Crippen LogP contribution < -0.4 is 5.32 Å². The number of rotatable bonds is 6. The number of hydrogen-bond acceptors (Lipinski definition) is 5. The van der Waals surface area contributed by atoms with Gasteiger partial charge in [-0.2, -0.15) is 0 Å². The molecule has 0 aliphatic carbocycles. The van der Waals surface area contributed by atoms with E-state index < -0.39 is 0 Å². The Bertz CT molecular complexity index is 311. The third-order valence-corrected chi connectivity index (χ3v) is 2.05. The summed E-state index contributed by atoms with van der Waals surface area (Å²) in [6.07, 6.45) is 2.06. The smallest absolute Gasteiger partial charge is 0.306 e. The predicted molar refractivity (Wildman–Crippen MR) is 54.0 cm³/mol. The van der Waals surface area contributed by atoms with Gasteiger partial charge in [-0.05, 0) is 6.92 Å². The van der Waals surface area contributed by atoms with E-state index in [1.165, 1.54) is 7.11 Å². The topological polar surface area (TPSA) is 69.0 Å². The summed E-state index contributed by atoms with van der Waals surface area (Å²) in [4.78, 5) is 10.8. The zero-order valence-corrected chi connectivity index (χ0v) is 9.06. The highest BCUT2D eigenvalue weighted by atomic mass is 16.5. The Kier molecular flexibility index (Phi) is 4.76. The second kappa shape index (κ2) is 6.13. The van der Waals surface area contributed by atoms with Crippen molar-refractivity contribution in [1.82, 2.24) is 20.1 Å². The molecule has 6 heteroatoms. The molecule has 0 saturated heterocycles. The van der Waals surface area contributed by atoms with Crippen molar-refractivity contribution in [3.8, 4) is 0 Å². The number of nitrogens with zero attached hydrogens (tertiary/aromatic N) is 3. The molecule has 0 spiro atoms. The molecule has 1 aromatic rings. The van der Waals surface area contributed by atoms with Crippen LogP contribution in [0, 0.1) is 0 Å². The molecule has 0 saturated carbocycles. The van der Waals surface area contributed by atoms with E-state index in [1.807, 2.05) is 11.5 Å². The molecule has 84 valence electrons. The van der Waals surface area contributed by atoms with Crippen molar-refractivity contribution in [2.75, 3.05) is 13.7 Å². The Hall–Kier alpha value is -1.43. The number of aromatic nitrogens is 3. The van der Waals surface area contributed by atoms with E-state index in [9.17, 15) is 4.79 Å². The number of carbonyl (C=O) groups excluding carboxylic acids is 1. The van der Waals surface area contributed by atoms with Crippen LogP contribution in [0.5, 0.6) is 0 Å². The van der Waals surface area contributed by atoms with Gasteiger partial charge in [-0.1, -0.05) is 0 Å². The third kappa shape index (κ3) is 3.67. The number of hydrogen-bond donors (Lipinski definition) is 1. The van der Waals surface area contributed by atoms with Crippen LogP contribution >= 0.6 is 0 Å².